The zero-order valence-electron chi connectivity index (χ0n) is 10.1. The van der Waals surface area contributed by atoms with Gasteiger partial charge in [0.1, 0.15) is 0 Å². The SMILES string of the molecule is C=CC(c1ccccc1)C(C)c1ccccn1. The molecule has 86 valence electrons. The lowest BCUT2D eigenvalue weighted by Gasteiger charge is -2.20. The van der Waals surface area contributed by atoms with Crippen LogP contribution >= 0.6 is 0 Å². The van der Waals surface area contributed by atoms with Crippen LogP contribution in [-0.4, -0.2) is 4.98 Å². The van der Waals surface area contributed by atoms with Crippen molar-refractivity contribution in [3.63, 3.8) is 0 Å². The highest BCUT2D eigenvalue weighted by atomic mass is 14.7. The van der Waals surface area contributed by atoms with Crippen LogP contribution in [0, 0.1) is 0 Å². The van der Waals surface area contributed by atoms with Crippen LogP contribution < -0.4 is 0 Å². The monoisotopic (exact) mass is 223 g/mol. The van der Waals surface area contributed by atoms with Crippen molar-refractivity contribution in [3.8, 4) is 0 Å². The van der Waals surface area contributed by atoms with Crippen molar-refractivity contribution in [2.45, 2.75) is 18.8 Å². The van der Waals surface area contributed by atoms with Gasteiger partial charge in [-0.1, -0.05) is 49.4 Å². The van der Waals surface area contributed by atoms with Gasteiger partial charge in [0.2, 0.25) is 0 Å². The molecule has 0 aliphatic carbocycles. The lowest BCUT2D eigenvalue weighted by atomic mass is 9.85. The molecule has 1 heteroatoms. The van der Waals surface area contributed by atoms with Crippen molar-refractivity contribution in [1.29, 1.82) is 0 Å². The Hall–Kier alpha value is -1.89. The number of aromatic nitrogens is 1. The third-order valence-corrected chi connectivity index (χ3v) is 3.13. The molecule has 2 aromatic rings. The summed E-state index contributed by atoms with van der Waals surface area (Å²) in [5.41, 5.74) is 2.40. The molecule has 0 spiro atoms. The number of nitrogens with zero attached hydrogens (tertiary/aromatic N) is 1. The molecule has 0 fully saturated rings. The minimum Gasteiger partial charge on any atom is -0.261 e. The topological polar surface area (TPSA) is 12.9 Å². The van der Waals surface area contributed by atoms with Gasteiger partial charge in [-0.25, -0.2) is 0 Å². The highest BCUT2D eigenvalue weighted by molar-refractivity contribution is 5.28. The maximum atomic E-state index is 4.43. The van der Waals surface area contributed by atoms with Crippen LogP contribution in [0.3, 0.4) is 0 Å². The quantitative estimate of drug-likeness (QED) is 0.709. The van der Waals surface area contributed by atoms with Gasteiger partial charge in [-0.15, -0.1) is 6.58 Å². The van der Waals surface area contributed by atoms with Crippen molar-refractivity contribution in [2.75, 3.05) is 0 Å². The van der Waals surface area contributed by atoms with Gasteiger partial charge < -0.3 is 0 Å². The van der Waals surface area contributed by atoms with Gasteiger partial charge in [-0.3, -0.25) is 4.98 Å². The van der Waals surface area contributed by atoms with Crippen LogP contribution in [0.4, 0.5) is 0 Å². The first-order chi connectivity index (χ1) is 8.33. The Bertz CT molecular complexity index is 461. The molecular weight excluding hydrogens is 206 g/mol. The van der Waals surface area contributed by atoms with E-state index < -0.39 is 0 Å². The van der Waals surface area contributed by atoms with E-state index in [-0.39, 0.29) is 0 Å². The van der Waals surface area contributed by atoms with Gasteiger partial charge in [0.05, 0.1) is 0 Å². The second-order valence-electron chi connectivity index (χ2n) is 4.22. The third-order valence-electron chi connectivity index (χ3n) is 3.13. The van der Waals surface area contributed by atoms with E-state index in [1.807, 2.05) is 30.5 Å². The lowest BCUT2D eigenvalue weighted by molar-refractivity contribution is 0.657. The molecule has 0 N–H and O–H groups in total. The summed E-state index contributed by atoms with van der Waals surface area (Å²) in [6, 6.07) is 16.5. The molecule has 2 atom stereocenters. The summed E-state index contributed by atoms with van der Waals surface area (Å²) in [6.07, 6.45) is 3.85. The average molecular weight is 223 g/mol. The van der Waals surface area contributed by atoms with Crippen LogP contribution in [0.15, 0.2) is 67.4 Å². The normalized spacial score (nSPS) is 13.9. The molecule has 1 heterocycles. The maximum Gasteiger partial charge on any atom is 0.0440 e. The van der Waals surface area contributed by atoms with Crippen LogP contribution in [0.2, 0.25) is 0 Å². The van der Waals surface area contributed by atoms with E-state index in [2.05, 4.69) is 48.8 Å². The molecule has 2 rings (SSSR count). The van der Waals surface area contributed by atoms with Crippen molar-refractivity contribution >= 4 is 0 Å². The first kappa shape index (κ1) is 11.6. The molecule has 1 aromatic carbocycles. The Morgan fingerprint density at radius 3 is 2.35 bits per heavy atom. The summed E-state index contributed by atoms with van der Waals surface area (Å²) in [5.74, 6) is 0.655. The molecule has 0 radical (unpaired) electrons. The van der Waals surface area contributed by atoms with Crippen molar-refractivity contribution < 1.29 is 0 Å². The fraction of sp³-hybridized carbons (Fsp3) is 0.188. The molecular formula is C16H17N. The number of benzene rings is 1. The summed E-state index contributed by atoms with van der Waals surface area (Å²) >= 11 is 0. The molecule has 2 unspecified atom stereocenters. The van der Waals surface area contributed by atoms with E-state index in [1.165, 1.54) is 5.56 Å². The highest BCUT2D eigenvalue weighted by Crippen LogP contribution is 2.32. The van der Waals surface area contributed by atoms with E-state index in [4.69, 9.17) is 0 Å². The lowest BCUT2D eigenvalue weighted by Crippen LogP contribution is -2.07. The Morgan fingerprint density at radius 1 is 1.06 bits per heavy atom. The Morgan fingerprint density at radius 2 is 1.76 bits per heavy atom. The van der Waals surface area contributed by atoms with Gasteiger partial charge in [0.25, 0.3) is 0 Å². The largest absolute Gasteiger partial charge is 0.261 e. The van der Waals surface area contributed by atoms with E-state index in [0.29, 0.717) is 11.8 Å². The molecule has 0 amide bonds. The molecule has 0 aliphatic heterocycles. The van der Waals surface area contributed by atoms with Gasteiger partial charge >= 0.3 is 0 Å². The van der Waals surface area contributed by atoms with E-state index in [9.17, 15) is 0 Å². The number of hydrogen-bond acceptors (Lipinski definition) is 1. The minimum absolute atomic E-state index is 0.311. The number of allylic oxidation sites excluding steroid dienone is 1. The Kier molecular flexibility index (Phi) is 3.71. The summed E-state index contributed by atoms with van der Waals surface area (Å²) in [6.45, 7) is 6.15. The number of rotatable bonds is 4. The fourth-order valence-electron chi connectivity index (χ4n) is 2.13. The summed E-state index contributed by atoms with van der Waals surface area (Å²) in [7, 11) is 0. The first-order valence-electron chi connectivity index (χ1n) is 5.91. The van der Waals surface area contributed by atoms with Crippen molar-refractivity contribution in [1.82, 2.24) is 4.98 Å². The summed E-state index contributed by atoms with van der Waals surface area (Å²) < 4.78 is 0. The average Bonchev–Trinajstić information content (AvgIpc) is 2.42. The highest BCUT2D eigenvalue weighted by Gasteiger charge is 2.18. The predicted molar refractivity (Wildman–Crippen MR) is 72.0 cm³/mol. The standard InChI is InChI=1S/C16H17N/c1-3-15(14-9-5-4-6-10-14)13(2)16-11-7-8-12-17-16/h3-13,15H,1H2,2H3. The Labute approximate surface area is 103 Å². The molecule has 0 bridgehead atoms. The summed E-state index contributed by atoms with van der Waals surface area (Å²) in [4.78, 5) is 4.43. The van der Waals surface area contributed by atoms with Crippen LogP contribution in [0.1, 0.15) is 30.0 Å². The van der Waals surface area contributed by atoms with Crippen molar-refractivity contribution in [2.24, 2.45) is 0 Å². The smallest absolute Gasteiger partial charge is 0.0440 e. The predicted octanol–water partition coefficient (Wildman–Crippen LogP) is 4.15. The second-order valence-corrected chi connectivity index (χ2v) is 4.22. The van der Waals surface area contributed by atoms with Crippen LogP contribution in [0.25, 0.3) is 0 Å². The van der Waals surface area contributed by atoms with Crippen molar-refractivity contribution in [3.05, 3.63) is 78.6 Å². The second kappa shape index (κ2) is 5.44. The van der Waals surface area contributed by atoms with Gasteiger partial charge in [0, 0.05) is 23.7 Å². The molecule has 0 saturated heterocycles. The third kappa shape index (κ3) is 2.62. The summed E-state index contributed by atoms with van der Waals surface area (Å²) in [5, 5.41) is 0. The Balaban J connectivity index is 2.28. The maximum absolute atomic E-state index is 4.43. The minimum atomic E-state index is 0.311. The van der Waals surface area contributed by atoms with E-state index >= 15 is 0 Å². The van der Waals surface area contributed by atoms with E-state index in [1.54, 1.807) is 0 Å². The van der Waals surface area contributed by atoms with E-state index in [0.717, 1.165) is 5.69 Å². The molecule has 0 aliphatic rings. The van der Waals surface area contributed by atoms with Crippen LogP contribution in [0.5, 0.6) is 0 Å². The van der Waals surface area contributed by atoms with Crippen LogP contribution in [-0.2, 0) is 0 Å². The zero-order chi connectivity index (χ0) is 12.1. The first-order valence-corrected chi connectivity index (χ1v) is 5.91. The van der Waals surface area contributed by atoms with Gasteiger partial charge in [-0.2, -0.15) is 0 Å². The fourth-order valence-corrected chi connectivity index (χ4v) is 2.13. The number of pyridine rings is 1. The van der Waals surface area contributed by atoms with Gasteiger partial charge in [0.15, 0.2) is 0 Å². The molecule has 17 heavy (non-hydrogen) atoms. The van der Waals surface area contributed by atoms with Gasteiger partial charge in [-0.05, 0) is 17.7 Å². The molecule has 1 aromatic heterocycles. The molecule has 1 nitrogen and oxygen atoms in total. The zero-order valence-corrected chi connectivity index (χ0v) is 10.1. The molecule has 0 saturated carbocycles. The number of hydrogen-bond donors (Lipinski definition) is 0.